The van der Waals surface area contributed by atoms with E-state index in [1.807, 2.05) is 39.0 Å². The summed E-state index contributed by atoms with van der Waals surface area (Å²) in [6.07, 6.45) is 0. The quantitative estimate of drug-likeness (QED) is 0.365. The normalized spacial score (nSPS) is 10.9. The van der Waals surface area contributed by atoms with E-state index in [4.69, 9.17) is 13.6 Å². The summed E-state index contributed by atoms with van der Waals surface area (Å²) in [7, 11) is 1.56. The van der Waals surface area contributed by atoms with E-state index < -0.39 is 0 Å². The Labute approximate surface area is 203 Å². The van der Waals surface area contributed by atoms with E-state index in [0.29, 0.717) is 41.0 Å². The molecule has 0 spiro atoms. The molecule has 0 bridgehead atoms. The van der Waals surface area contributed by atoms with E-state index in [1.54, 1.807) is 43.5 Å². The van der Waals surface area contributed by atoms with E-state index >= 15 is 0 Å². The fourth-order valence-corrected chi connectivity index (χ4v) is 3.70. The van der Waals surface area contributed by atoms with Crippen LogP contribution in [0.3, 0.4) is 0 Å². The van der Waals surface area contributed by atoms with Crippen molar-refractivity contribution < 1.29 is 23.2 Å². The average Bonchev–Trinajstić information content (AvgIpc) is 3.44. The lowest BCUT2D eigenvalue weighted by Gasteiger charge is -2.06. The Hall–Kier alpha value is -4.17. The van der Waals surface area contributed by atoms with Crippen LogP contribution in [0.25, 0.3) is 11.5 Å². The maximum Gasteiger partial charge on any atom is 0.291 e. The van der Waals surface area contributed by atoms with Crippen molar-refractivity contribution in [2.75, 3.05) is 12.4 Å². The van der Waals surface area contributed by atoms with Gasteiger partial charge in [-0.1, -0.05) is 17.2 Å². The molecule has 4 rings (SSSR count). The largest absolute Gasteiger partial charge is 0.453 e. The van der Waals surface area contributed by atoms with Gasteiger partial charge in [-0.25, -0.2) is 4.98 Å². The topological polar surface area (TPSA) is 107 Å². The van der Waals surface area contributed by atoms with Crippen molar-refractivity contribution in [1.82, 2.24) is 10.3 Å². The van der Waals surface area contributed by atoms with E-state index in [0.717, 1.165) is 16.7 Å². The predicted octanol–water partition coefficient (Wildman–Crippen LogP) is 5.19. The lowest BCUT2D eigenvalue weighted by atomic mass is 10.1. The number of aromatic nitrogens is 1. The maximum atomic E-state index is 12.6. The molecular weight excluding hydrogens is 446 g/mol. The molecule has 8 nitrogen and oxygen atoms in total. The second-order valence-corrected chi connectivity index (χ2v) is 8.31. The first-order chi connectivity index (χ1) is 16.8. The van der Waals surface area contributed by atoms with Crippen molar-refractivity contribution in [1.29, 1.82) is 0 Å². The van der Waals surface area contributed by atoms with E-state index in [9.17, 15) is 9.59 Å². The van der Waals surface area contributed by atoms with Gasteiger partial charge >= 0.3 is 0 Å². The third-order valence-electron chi connectivity index (χ3n) is 5.35. The Bertz CT molecular complexity index is 1330. The highest BCUT2D eigenvalue weighted by atomic mass is 16.5. The van der Waals surface area contributed by atoms with Crippen LogP contribution >= 0.6 is 0 Å². The highest BCUT2D eigenvalue weighted by Gasteiger charge is 2.15. The number of aryl methyl sites for hydroxylation is 3. The minimum atomic E-state index is -0.353. The Balaban J connectivity index is 1.39. The van der Waals surface area contributed by atoms with Gasteiger partial charge < -0.3 is 24.2 Å². The van der Waals surface area contributed by atoms with Gasteiger partial charge in [0, 0.05) is 23.9 Å². The molecule has 0 unspecified atom stereocenters. The first-order valence-electron chi connectivity index (χ1n) is 11.1. The summed E-state index contributed by atoms with van der Waals surface area (Å²) in [5.74, 6) is 1.33. The van der Waals surface area contributed by atoms with Crippen molar-refractivity contribution in [3.8, 4) is 11.5 Å². The number of methoxy groups -OCH3 is 1. The fraction of sp³-hybridized carbons (Fsp3) is 0.222. The van der Waals surface area contributed by atoms with Crippen molar-refractivity contribution in [3.63, 3.8) is 0 Å². The third-order valence-corrected chi connectivity index (χ3v) is 5.35. The van der Waals surface area contributed by atoms with Crippen molar-refractivity contribution in [3.05, 3.63) is 94.3 Å². The summed E-state index contributed by atoms with van der Waals surface area (Å²) in [4.78, 5) is 29.5. The number of oxazole rings is 1. The molecule has 0 saturated carbocycles. The number of benzene rings is 2. The molecule has 2 amide bonds. The van der Waals surface area contributed by atoms with Gasteiger partial charge in [0.2, 0.25) is 5.89 Å². The SMILES string of the molecule is COCc1ccc(C(=O)Nc2ccc(-c3nc(CNC(=O)c4cc(C)cc(C)c4)c(C)o3)cc2)o1. The third kappa shape index (κ3) is 5.85. The summed E-state index contributed by atoms with van der Waals surface area (Å²) in [5, 5.41) is 5.70. The van der Waals surface area contributed by atoms with Crippen LogP contribution < -0.4 is 10.6 Å². The molecule has 2 aromatic carbocycles. The van der Waals surface area contributed by atoms with Gasteiger partial charge in [-0.15, -0.1) is 0 Å². The standard InChI is InChI=1S/C27H27N3O5/c1-16-11-17(2)13-20(12-16)25(31)28-14-23-18(3)34-27(30-23)19-5-7-21(8-6-19)29-26(32)24-10-9-22(35-24)15-33-4/h5-13H,14-15H2,1-4H3,(H,28,31)(H,29,32). The van der Waals surface area contributed by atoms with Crippen LogP contribution in [0.5, 0.6) is 0 Å². The predicted molar refractivity (Wildman–Crippen MR) is 131 cm³/mol. The molecule has 0 aliphatic rings. The number of nitrogens with zero attached hydrogens (tertiary/aromatic N) is 1. The number of rotatable bonds is 8. The highest BCUT2D eigenvalue weighted by Crippen LogP contribution is 2.24. The molecule has 2 heterocycles. The van der Waals surface area contributed by atoms with Crippen LogP contribution in [0.15, 0.2) is 63.4 Å². The maximum absolute atomic E-state index is 12.6. The Morgan fingerprint density at radius 2 is 1.63 bits per heavy atom. The number of amides is 2. The molecule has 0 atom stereocenters. The van der Waals surface area contributed by atoms with Gasteiger partial charge in [0.05, 0.1) is 6.54 Å². The van der Waals surface area contributed by atoms with E-state index in [-0.39, 0.29) is 24.1 Å². The number of ether oxygens (including phenoxy) is 1. The first kappa shape index (κ1) is 24.0. The molecule has 35 heavy (non-hydrogen) atoms. The zero-order valence-electron chi connectivity index (χ0n) is 20.1. The molecule has 0 saturated heterocycles. The number of hydrogen-bond acceptors (Lipinski definition) is 6. The van der Waals surface area contributed by atoms with Gasteiger partial charge in [0.1, 0.15) is 23.8 Å². The monoisotopic (exact) mass is 473 g/mol. The lowest BCUT2D eigenvalue weighted by Crippen LogP contribution is -2.23. The summed E-state index contributed by atoms with van der Waals surface area (Å²) in [6.45, 7) is 6.29. The summed E-state index contributed by atoms with van der Waals surface area (Å²) < 4.78 is 16.3. The summed E-state index contributed by atoms with van der Waals surface area (Å²) in [5.41, 5.74) is 4.70. The van der Waals surface area contributed by atoms with Crippen molar-refractivity contribution in [2.45, 2.75) is 33.9 Å². The molecular formula is C27H27N3O5. The molecule has 180 valence electrons. The zero-order valence-corrected chi connectivity index (χ0v) is 20.1. The van der Waals surface area contributed by atoms with Crippen molar-refractivity contribution >= 4 is 17.5 Å². The van der Waals surface area contributed by atoms with E-state index in [2.05, 4.69) is 15.6 Å². The van der Waals surface area contributed by atoms with Gasteiger partial charge in [-0.05, 0) is 69.3 Å². The Morgan fingerprint density at radius 1 is 0.914 bits per heavy atom. The van der Waals surface area contributed by atoms with Crippen LogP contribution in [-0.4, -0.2) is 23.9 Å². The Morgan fingerprint density at radius 3 is 2.31 bits per heavy atom. The molecule has 0 radical (unpaired) electrons. The highest BCUT2D eigenvalue weighted by molar-refractivity contribution is 6.02. The molecule has 4 aromatic rings. The van der Waals surface area contributed by atoms with Gasteiger partial charge in [-0.2, -0.15) is 0 Å². The number of carbonyl (C=O) groups excluding carboxylic acids is 2. The number of carbonyl (C=O) groups is 2. The minimum absolute atomic E-state index is 0.160. The van der Waals surface area contributed by atoms with Crippen LogP contribution in [0.1, 0.15) is 49.3 Å². The van der Waals surface area contributed by atoms with Gasteiger partial charge in [0.25, 0.3) is 11.8 Å². The number of nitrogens with one attached hydrogen (secondary N) is 2. The minimum Gasteiger partial charge on any atom is -0.453 e. The van der Waals surface area contributed by atoms with E-state index in [1.165, 1.54) is 0 Å². The second-order valence-electron chi connectivity index (χ2n) is 8.31. The molecule has 8 heteroatoms. The van der Waals surface area contributed by atoms with Gasteiger partial charge in [0.15, 0.2) is 5.76 Å². The smallest absolute Gasteiger partial charge is 0.291 e. The zero-order chi connectivity index (χ0) is 24.9. The second kappa shape index (κ2) is 10.4. The molecule has 2 aromatic heterocycles. The molecule has 0 aliphatic carbocycles. The molecule has 2 N–H and O–H groups in total. The fourth-order valence-electron chi connectivity index (χ4n) is 3.70. The van der Waals surface area contributed by atoms with Crippen molar-refractivity contribution in [2.24, 2.45) is 0 Å². The number of anilines is 1. The summed E-state index contributed by atoms with van der Waals surface area (Å²) in [6, 6.07) is 16.2. The lowest BCUT2D eigenvalue weighted by molar-refractivity contribution is 0.0948. The van der Waals surface area contributed by atoms with Crippen LogP contribution in [-0.2, 0) is 17.9 Å². The van der Waals surface area contributed by atoms with Crippen LogP contribution in [0.2, 0.25) is 0 Å². The van der Waals surface area contributed by atoms with Crippen LogP contribution in [0, 0.1) is 20.8 Å². The van der Waals surface area contributed by atoms with Gasteiger partial charge in [-0.3, -0.25) is 9.59 Å². The Kier molecular flexibility index (Phi) is 7.12. The number of hydrogen-bond donors (Lipinski definition) is 2. The number of furan rings is 1. The summed E-state index contributed by atoms with van der Waals surface area (Å²) >= 11 is 0. The molecule has 0 fully saturated rings. The first-order valence-corrected chi connectivity index (χ1v) is 11.1. The average molecular weight is 474 g/mol. The molecule has 0 aliphatic heterocycles. The van der Waals surface area contributed by atoms with Crippen LogP contribution in [0.4, 0.5) is 5.69 Å².